The van der Waals surface area contributed by atoms with Gasteiger partial charge in [0.1, 0.15) is 0 Å². The van der Waals surface area contributed by atoms with Crippen molar-refractivity contribution in [2.24, 2.45) is 0 Å². The molecule has 2 nitrogen and oxygen atoms in total. The van der Waals surface area contributed by atoms with E-state index in [4.69, 9.17) is 4.42 Å². The molecule has 0 bridgehead atoms. The molecule has 1 aromatic heterocycles. The summed E-state index contributed by atoms with van der Waals surface area (Å²) in [7, 11) is 1.84. The van der Waals surface area contributed by atoms with Gasteiger partial charge in [0, 0.05) is 22.0 Å². The largest absolute Gasteiger partial charge is 0.461 e. The summed E-state index contributed by atoms with van der Waals surface area (Å²) in [6.45, 7) is 0.670. The van der Waals surface area contributed by atoms with E-state index < -0.39 is 0 Å². The van der Waals surface area contributed by atoms with E-state index in [1.165, 1.54) is 6.07 Å². The molecule has 0 saturated heterocycles. The third-order valence-corrected chi connectivity index (χ3v) is 2.50. The van der Waals surface area contributed by atoms with Gasteiger partial charge in [-0.25, -0.2) is 4.39 Å². The van der Waals surface area contributed by atoms with Crippen LogP contribution in [0.3, 0.4) is 0 Å². The van der Waals surface area contributed by atoms with Gasteiger partial charge in [-0.1, -0.05) is 15.9 Å². The van der Waals surface area contributed by atoms with Gasteiger partial charge in [0.2, 0.25) is 0 Å². The molecule has 74 valence electrons. The van der Waals surface area contributed by atoms with Gasteiger partial charge in [-0.3, -0.25) is 0 Å². The minimum absolute atomic E-state index is 0.318. The molecule has 0 unspecified atom stereocenters. The molecule has 4 heteroatoms. The molecule has 1 aromatic carbocycles. The van der Waals surface area contributed by atoms with Gasteiger partial charge in [0.05, 0.1) is 6.26 Å². The highest BCUT2D eigenvalue weighted by Crippen LogP contribution is 2.27. The SMILES string of the molecule is CNCc1coc2c(F)cc(Br)cc12. The van der Waals surface area contributed by atoms with E-state index in [1.54, 1.807) is 6.26 Å². The van der Waals surface area contributed by atoms with Crippen LogP contribution in [-0.2, 0) is 6.54 Å². The van der Waals surface area contributed by atoms with Crippen LogP contribution in [0.15, 0.2) is 27.3 Å². The topological polar surface area (TPSA) is 25.2 Å². The van der Waals surface area contributed by atoms with Gasteiger partial charge in [0.25, 0.3) is 0 Å². The third kappa shape index (κ3) is 1.55. The van der Waals surface area contributed by atoms with Crippen LogP contribution in [-0.4, -0.2) is 7.05 Å². The zero-order valence-corrected chi connectivity index (χ0v) is 9.19. The van der Waals surface area contributed by atoms with Crippen LogP contribution in [0, 0.1) is 5.82 Å². The van der Waals surface area contributed by atoms with Crippen LogP contribution in [0.2, 0.25) is 0 Å². The lowest BCUT2D eigenvalue weighted by Gasteiger charge is -1.97. The van der Waals surface area contributed by atoms with Gasteiger partial charge >= 0.3 is 0 Å². The molecule has 14 heavy (non-hydrogen) atoms. The molecule has 0 atom stereocenters. The Morgan fingerprint density at radius 3 is 3.00 bits per heavy atom. The first-order valence-corrected chi connectivity index (χ1v) is 5.01. The second kappa shape index (κ2) is 3.71. The molecule has 0 saturated carbocycles. The molecule has 0 spiro atoms. The van der Waals surface area contributed by atoms with Gasteiger partial charge in [-0.2, -0.15) is 0 Å². The monoisotopic (exact) mass is 257 g/mol. The van der Waals surface area contributed by atoms with Gasteiger partial charge in [-0.05, 0) is 19.2 Å². The van der Waals surface area contributed by atoms with Crippen molar-refractivity contribution in [2.75, 3.05) is 7.05 Å². The Hall–Kier alpha value is -0.870. The van der Waals surface area contributed by atoms with Crippen molar-refractivity contribution in [1.82, 2.24) is 5.32 Å². The summed E-state index contributed by atoms with van der Waals surface area (Å²) in [5.41, 5.74) is 1.28. The molecule has 0 aliphatic rings. The number of benzene rings is 1. The van der Waals surface area contributed by atoms with E-state index in [9.17, 15) is 4.39 Å². The molecule has 2 rings (SSSR count). The lowest BCUT2D eigenvalue weighted by atomic mass is 10.2. The molecule has 0 aliphatic heterocycles. The number of halogens is 2. The number of hydrogen-bond acceptors (Lipinski definition) is 2. The van der Waals surface area contributed by atoms with Gasteiger partial charge < -0.3 is 9.73 Å². The van der Waals surface area contributed by atoms with E-state index in [-0.39, 0.29) is 5.82 Å². The Balaban J connectivity index is 2.66. The van der Waals surface area contributed by atoms with Crippen LogP contribution < -0.4 is 5.32 Å². The lowest BCUT2D eigenvalue weighted by molar-refractivity contribution is 0.557. The Kier molecular flexibility index (Phi) is 2.56. The summed E-state index contributed by atoms with van der Waals surface area (Å²) in [5.74, 6) is -0.336. The normalized spacial score (nSPS) is 11.1. The number of fused-ring (bicyclic) bond motifs is 1. The summed E-state index contributed by atoms with van der Waals surface area (Å²) in [5, 5.41) is 3.81. The average Bonchev–Trinajstić information content (AvgIpc) is 2.49. The standard InChI is InChI=1S/C10H9BrFNO/c1-13-4-6-5-14-10-8(6)2-7(11)3-9(10)12/h2-3,5,13H,4H2,1H3. The summed E-state index contributed by atoms with van der Waals surface area (Å²) in [4.78, 5) is 0. The smallest absolute Gasteiger partial charge is 0.169 e. The maximum Gasteiger partial charge on any atom is 0.169 e. The second-order valence-corrected chi connectivity index (χ2v) is 3.97. The molecular formula is C10H9BrFNO. The second-order valence-electron chi connectivity index (χ2n) is 3.06. The maximum atomic E-state index is 13.4. The van der Waals surface area contributed by atoms with Crippen molar-refractivity contribution >= 4 is 26.9 Å². The van der Waals surface area contributed by atoms with Crippen LogP contribution in [0.5, 0.6) is 0 Å². The van der Waals surface area contributed by atoms with Crippen molar-refractivity contribution in [2.45, 2.75) is 6.54 Å². The van der Waals surface area contributed by atoms with E-state index >= 15 is 0 Å². The van der Waals surface area contributed by atoms with E-state index in [1.807, 2.05) is 13.1 Å². The van der Waals surface area contributed by atoms with E-state index in [2.05, 4.69) is 21.2 Å². The van der Waals surface area contributed by atoms with Crippen molar-refractivity contribution < 1.29 is 8.81 Å². The minimum atomic E-state index is -0.336. The highest BCUT2D eigenvalue weighted by atomic mass is 79.9. The number of rotatable bonds is 2. The van der Waals surface area contributed by atoms with E-state index in [0.717, 1.165) is 15.4 Å². The molecule has 2 aromatic rings. The third-order valence-electron chi connectivity index (χ3n) is 2.04. The minimum Gasteiger partial charge on any atom is -0.461 e. The molecule has 0 amide bonds. The fourth-order valence-electron chi connectivity index (χ4n) is 1.44. The highest BCUT2D eigenvalue weighted by molar-refractivity contribution is 9.10. The van der Waals surface area contributed by atoms with Crippen LogP contribution >= 0.6 is 15.9 Å². The summed E-state index contributed by atoms with van der Waals surface area (Å²) >= 11 is 3.25. The quantitative estimate of drug-likeness (QED) is 0.895. The molecule has 0 aliphatic carbocycles. The Morgan fingerprint density at radius 2 is 2.29 bits per heavy atom. The molecular weight excluding hydrogens is 249 g/mol. The zero-order chi connectivity index (χ0) is 10.1. The fraction of sp³-hybridized carbons (Fsp3) is 0.200. The van der Waals surface area contributed by atoms with Crippen molar-refractivity contribution in [3.8, 4) is 0 Å². The average molecular weight is 258 g/mol. The first-order chi connectivity index (χ1) is 6.72. The van der Waals surface area contributed by atoms with Crippen molar-refractivity contribution in [3.05, 3.63) is 34.2 Å². The zero-order valence-electron chi connectivity index (χ0n) is 7.60. The van der Waals surface area contributed by atoms with Crippen molar-refractivity contribution in [1.29, 1.82) is 0 Å². The van der Waals surface area contributed by atoms with Gasteiger partial charge in [0.15, 0.2) is 11.4 Å². The Morgan fingerprint density at radius 1 is 1.50 bits per heavy atom. The Bertz CT molecular complexity index is 466. The molecule has 0 fully saturated rings. The lowest BCUT2D eigenvalue weighted by Crippen LogP contribution is -2.03. The van der Waals surface area contributed by atoms with Crippen molar-refractivity contribution in [3.63, 3.8) is 0 Å². The predicted molar refractivity (Wildman–Crippen MR) is 56.6 cm³/mol. The summed E-state index contributed by atoms with van der Waals surface area (Å²) < 4.78 is 19.2. The fourth-order valence-corrected chi connectivity index (χ4v) is 1.87. The van der Waals surface area contributed by atoms with Gasteiger partial charge in [-0.15, -0.1) is 0 Å². The number of hydrogen-bond donors (Lipinski definition) is 1. The molecule has 1 N–H and O–H groups in total. The summed E-state index contributed by atoms with van der Waals surface area (Å²) in [6.07, 6.45) is 1.58. The Labute approximate surface area is 89.2 Å². The predicted octanol–water partition coefficient (Wildman–Crippen LogP) is 3.05. The maximum absolute atomic E-state index is 13.4. The van der Waals surface area contributed by atoms with Crippen LogP contribution in [0.4, 0.5) is 4.39 Å². The number of furan rings is 1. The first kappa shape index (κ1) is 9.68. The molecule has 0 radical (unpaired) electrons. The summed E-state index contributed by atoms with van der Waals surface area (Å²) in [6, 6.07) is 3.25. The number of nitrogens with one attached hydrogen (secondary N) is 1. The molecule has 1 heterocycles. The highest BCUT2D eigenvalue weighted by Gasteiger charge is 2.10. The van der Waals surface area contributed by atoms with Crippen LogP contribution in [0.1, 0.15) is 5.56 Å². The van der Waals surface area contributed by atoms with Crippen LogP contribution in [0.25, 0.3) is 11.0 Å². The van der Waals surface area contributed by atoms with E-state index in [0.29, 0.717) is 12.1 Å². The first-order valence-electron chi connectivity index (χ1n) is 4.22.